The topological polar surface area (TPSA) is 26.3 Å². The fraction of sp³-hybridized carbons (Fsp3) is 0.0714. The van der Waals surface area contributed by atoms with E-state index in [0.29, 0.717) is 22.9 Å². The van der Waals surface area contributed by atoms with Crippen molar-refractivity contribution in [2.24, 2.45) is 0 Å². The van der Waals surface area contributed by atoms with E-state index in [9.17, 15) is 4.79 Å². The summed E-state index contributed by atoms with van der Waals surface area (Å²) in [5.41, 5.74) is 1.48. The van der Waals surface area contributed by atoms with Gasteiger partial charge in [-0.2, -0.15) is 0 Å². The monoisotopic (exact) mass is 280 g/mol. The number of hydrogen-bond donors (Lipinski definition) is 0. The number of carbonyl (C=O) groups excluding carboxylic acids is 1. The largest absolute Gasteiger partial charge is 0.489 e. The molecular formula is C14H10Cl2O2. The van der Waals surface area contributed by atoms with E-state index >= 15 is 0 Å². The van der Waals surface area contributed by atoms with Crippen LogP contribution in [0.1, 0.15) is 15.9 Å². The van der Waals surface area contributed by atoms with Gasteiger partial charge in [-0.15, -0.1) is 0 Å². The average Bonchev–Trinajstić information content (AvgIpc) is 2.38. The minimum Gasteiger partial charge on any atom is -0.489 e. The highest BCUT2D eigenvalue weighted by molar-refractivity contribution is 6.67. The summed E-state index contributed by atoms with van der Waals surface area (Å²) >= 11 is 11.1. The molecule has 2 aromatic rings. The maximum absolute atomic E-state index is 10.9. The number of halogens is 2. The van der Waals surface area contributed by atoms with Crippen molar-refractivity contribution in [2.45, 2.75) is 6.61 Å². The zero-order valence-corrected chi connectivity index (χ0v) is 10.9. The fourth-order valence-electron chi connectivity index (χ4n) is 1.43. The van der Waals surface area contributed by atoms with Gasteiger partial charge in [-0.05, 0) is 53.6 Å². The molecule has 0 saturated carbocycles. The Bertz CT molecular complexity index is 533. The Morgan fingerprint density at radius 2 is 1.61 bits per heavy atom. The fourth-order valence-corrected chi connectivity index (χ4v) is 1.68. The Kier molecular flexibility index (Phi) is 4.24. The number of benzene rings is 2. The maximum atomic E-state index is 10.9. The van der Waals surface area contributed by atoms with E-state index in [0.717, 1.165) is 5.56 Å². The van der Waals surface area contributed by atoms with Crippen molar-refractivity contribution in [3.63, 3.8) is 0 Å². The van der Waals surface area contributed by atoms with Crippen LogP contribution in [-0.2, 0) is 6.61 Å². The third kappa shape index (κ3) is 3.49. The molecule has 0 bridgehead atoms. The molecule has 18 heavy (non-hydrogen) atoms. The highest BCUT2D eigenvalue weighted by atomic mass is 35.5. The average molecular weight is 281 g/mol. The second-order valence-corrected chi connectivity index (χ2v) is 4.49. The van der Waals surface area contributed by atoms with Gasteiger partial charge in [0.25, 0.3) is 5.24 Å². The first-order valence-corrected chi connectivity index (χ1v) is 6.08. The Labute approximate surface area is 115 Å². The minimum atomic E-state index is -0.473. The third-order valence-electron chi connectivity index (χ3n) is 2.40. The molecule has 0 N–H and O–H groups in total. The van der Waals surface area contributed by atoms with Gasteiger partial charge >= 0.3 is 0 Å². The van der Waals surface area contributed by atoms with E-state index in [2.05, 4.69) is 0 Å². The van der Waals surface area contributed by atoms with Gasteiger partial charge in [-0.25, -0.2) is 0 Å². The smallest absolute Gasteiger partial charge is 0.252 e. The SMILES string of the molecule is O=C(Cl)c1ccc(OCc2ccc(Cl)cc2)cc1. The second-order valence-electron chi connectivity index (χ2n) is 3.71. The molecule has 0 heterocycles. The molecule has 0 aliphatic carbocycles. The van der Waals surface area contributed by atoms with Crippen molar-refractivity contribution >= 4 is 28.4 Å². The van der Waals surface area contributed by atoms with Gasteiger partial charge in [0, 0.05) is 10.6 Å². The second kappa shape index (κ2) is 5.89. The molecule has 0 saturated heterocycles. The molecule has 0 spiro atoms. The van der Waals surface area contributed by atoms with Gasteiger partial charge in [0.1, 0.15) is 12.4 Å². The van der Waals surface area contributed by atoms with Crippen molar-refractivity contribution in [3.05, 3.63) is 64.7 Å². The summed E-state index contributed by atoms with van der Waals surface area (Å²) < 4.78 is 5.57. The van der Waals surface area contributed by atoms with Gasteiger partial charge in [0.2, 0.25) is 0 Å². The lowest BCUT2D eigenvalue weighted by Crippen LogP contribution is -1.95. The predicted octanol–water partition coefficient (Wildman–Crippen LogP) is 4.30. The first-order valence-electron chi connectivity index (χ1n) is 5.32. The van der Waals surface area contributed by atoms with Crippen LogP contribution in [0, 0.1) is 0 Å². The van der Waals surface area contributed by atoms with E-state index in [1.807, 2.05) is 24.3 Å². The summed E-state index contributed by atoms with van der Waals surface area (Å²) in [6.45, 7) is 0.450. The van der Waals surface area contributed by atoms with Gasteiger partial charge < -0.3 is 4.74 Å². The van der Waals surface area contributed by atoms with Crippen LogP contribution in [0.2, 0.25) is 5.02 Å². The Balaban J connectivity index is 1.97. The van der Waals surface area contributed by atoms with Gasteiger partial charge in [0.05, 0.1) is 0 Å². The van der Waals surface area contributed by atoms with Gasteiger partial charge in [0.15, 0.2) is 0 Å². The summed E-state index contributed by atoms with van der Waals surface area (Å²) in [6.07, 6.45) is 0. The molecule has 0 amide bonds. The lowest BCUT2D eigenvalue weighted by Gasteiger charge is -2.06. The first-order chi connectivity index (χ1) is 8.65. The number of ether oxygens (including phenoxy) is 1. The highest BCUT2D eigenvalue weighted by Gasteiger charge is 2.01. The van der Waals surface area contributed by atoms with Crippen LogP contribution in [0.3, 0.4) is 0 Å². The lowest BCUT2D eigenvalue weighted by atomic mass is 10.2. The van der Waals surface area contributed by atoms with E-state index in [1.54, 1.807) is 24.3 Å². The van der Waals surface area contributed by atoms with E-state index in [-0.39, 0.29) is 0 Å². The molecule has 0 radical (unpaired) electrons. The summed E-state index contributed by atoms with van der Waals surface area (Å²) in [6, 6.07) is 14.1. The van der Waals surface area contributed by atoms with Crippen LogP contribution in [-0.4, -0.2) is 5.24 Å². The van der Waals surface area contributed by atoms with Gasteiger partial charge in [-0.1, -0.05) is 23.7 Å². The van der Waals surface area contributed by atoms with E-state index < -0.39 is 5.24 Å². The molecule has 0 aliphatic heterocycles. The van der Waals surface area contributed by atoms with E-state index in [4.69, 9.17) is 27.9 Å². The summed E-state index contributed by atoms with van der Waals surface area (Å²) in [4.78, 5) is 10.9. The zero-order chi connectivity index (χ0) is 13.0. The van der Waals surface area contributed by atoms with Crippen LogP contribution in [0.5, 0.6) is 5.75 Å². The summed E-state index contributed by atoms with van der Waals surface area (Å²) in [7, 11) is 0. The molecule has 2 aromatic carbocycles. The van der Waals surface area contributed by atoms with Crippen LogP contribution in [0.15, 0.2) is 48.5 Å². The highest BCUT2D eigenvalue weighted by Crippen LogP contribution is 2.16. The van der Waals surface area contributed by atoms with Crippen LogP contribution in [0.25, 0.3) is 0 Å². The van der Waals surface area contributed by atoms with Crippen molar-refractivity contribution in [2.75, 3.05) is 0 Å². The molecule has 2 rings (SSSR count). The van der Waals surface area contributed by atoms with Crippen molar-refractivity contribution in [1.82, 2.24) is 0 Å². The molecule has 0 unspecified atom stereocenters. The summed E-state index contributed by atoms with van der Waals surface area (Å²) in [5.74, 6) is 0.687. The van der Waals surface area contributed by atoms with Gasteiger partial charge in [-0.3, -0.25) is 4.79 Å². The third-order valence-corrected chi connectivity index (χ3v) is 2.87. The lowest BCUT2D eigenvalue weighted by molar-refractivity contribution is 0.108. The first kappa shape index (κ1) is 12.9. The molecule has 4 heteroatoms. The van der Waals surface area contributed by atoms with Crippen LogP contribution >= 0.6 is 23.2 Å². The Hall–Kier alpha value is -1.51. The Morgan fingerprint density at radius 1 is 1.00 bits per heavy atom. The molecule has 0 fully saturated rings. The number of rotatable bonds is 4. The van der Waals surface area contributed by atoms with E-state index in [1.165, 1.54) is 0 Å². The Morgan fingerprint density at radius 3 is 2.17 bits per heavy atom. The van der Waals surface area contributed by atoms with Crippen molar-refractivity contribution in [3.8, 4) is 5.75 Å². The number of hydrogen-bond acceptors (Lipinski definition) is 2. The molecule has 92 valence electrons. The maximum Gasteiger partial charge on any atom is 0.252 e. The minimum absolute atomic E-state index is 0.450. The molecule has 2 nitrogen and oxygen atoms in total. The van der Waals surface area contributed by atoms with Crippen molar-refractivity contribution < 1.29 is 9.53 Å². The van der Waals surface area contributed by atoms with Crippen LogP contribution in [0.4, 0.5) is 0 Å². The predicted molar refractivity (Wildman–Crippen MR) is 72.4 cm³/mol. The van der Waals surface area contributed by atoms with Crippen molar-refractivity contribution in [1.29, 1.82) is 0 Å². The molecular weight excluding hydrogens is 271 g/mol. The molecule has 0 aromatic heterocycles. The normalized spacial score (nSPS) is 10.1. The zero-order valence-electron chi connectivity index (χ0n) is 9.40. The number of carbonyl (C=O) groups is 1. The van der Waals surface area contributed by atoms with Crippen LogP contribution < -0.4 is 4.74 Å². The standard InChI is InChI=1S/C14H10Cl2O2/c15-12-5-1-10(2-6-12)9-18-13-7-3-11(4-8-13)14(16)17/h1-8H,9H2. The quantitative estimate of drug-likeness (QED) is 0.781. The molecule has 0 atom stereocenters. The summed E-state index contributed by atoms with van der Waals surface area (Å²) in [5, 5.41) is 0.225. The molecule has 0 aliphatic rings.